The minimum atomic E-state index is -0.668. The molecule has 3 rings (SSSR count). The summed E-state index contributed by atoms with van der Waals surface area (Å²) in [5.41, 5.74) is 0.990. The lowest BCUT2D eigenvalue weighted by Gasteiger charge is -2.21. The lowest BCUT2D eigenvalue weighted by atomic mass is 10.0. The first-order valence-corrected chi connectivity index (χ1v) is 7.07. The number of pyridine rings is 1. The van der Waals surface area contributed by atoms with Crippen molar-refractivity contribution in [1.82, 2.24) is 4.98 Å². The SMILES string of the molecule is O=C(O)C1CCCN(c2ccc3ccccc3n2)CC1. The Labute approximate surface area is 118 Å². The summed E-state index contributed by atoms with van der Waals surface area (Å²) in [5, 5.41) is 10.3. The average Bonchev–Trinajstić information content (AvgIpc) is 2.73. The second kappa shape index (κ2) is 5.49. The van der Waals surface area contributed by atoms with Gasteiger partial charge in [-0.15, -0.1) is 0 Å². The van der Waals surface area contributed by atoms with Crippen LogP contribution in [0.4, 0.5) is 5.82 Å². The minimum Gasteiger partial charge on any atom is -0.481 e. The summed E-state index contributed by atoms with van der Waals surface area (Å²) in [6.07, 6.45) is 2.37. The third-order valence-electron chi connectivity index (χ3n) is 3.99. The standard InChI is InChI=1S/C16H18N2O2/c19-16(20)13-5-3-10-18(11-9-13)15-8-7-12-4-1-2-6-14(12)17-15/h1-2,4,6-8,13H,3,5,9-11H2,(H,19,20). The van der Waals surface area contributed by atoms with Crippen LogP contribution in [-0.2, 0) is 4.79 Å². The molecule has 1 aromatic heterocycles. The van der Waals surface area contributed by atoms with Gasteiger partial charge in [0.1, 0.15) is 5.82 Å². The van der Waals surface area contributed by atoms with E-state index in [2.05, 4.69) is 22.0 Å². The number of carbonyl (C=O) groups is 1. The highest BCUT2D eigenvalue weighted by atomic mass is 16.4. The van der Waals surface area contributed by atoms with E-state index in [0.717, 1.165) is 42.7 Å². The van der Waals surface area contributed by atoms with E-state index < -0.39 is 5.97 Å². The van der Waals surface area contributed by atoms with E-state index in [0.29, 0.717) is 6.42 Å². The second-order valence-corrected chi connectivity index (χ2v) is 5.32. The molecular weight excluding hydrogens is 252 g/mol. The monoisotopic (exact) mass is 270 g/mol. The van der Waals surface area contributed by atoms with Gasteiger partial charge in [-0.1, -0.05) is 18.2 Å². The van der Waals surface area contributed by atoms with Gasteiger partial charge in [0.2, 0.25) is 0 Å². The Hall–Kier alpha value is -2.10. The molecule has 1 aliphatic rings. The van der Waals surface area contributed by atoms with Crippen LogP contribution in [0.3, 0.4) is 0 Å². The van der Waals surface area contributed by atoms with Crippen LogP contribution in [0.5, 0.6) is 0 Å². The molecule has 1 saturated heterocycles. The van der Waals surface area contributed by atoms with E-state index in [9.17, 15) is 4.79 Å². The molecule has 0 saturated carbocycles. The minimum absolute atomic E-state index is 0.208. The number of anilines is 1. The Morgan fingerprint density at radius 1 is 1.15 bits per heavy atom. The average molecular weight is 270 g/mol. The number of nitrogens with zero attached hydrogens (tertiary/aromatic N) is 2. The predicted octanol–water partition coefficient (Wildman–Crippen LogP) is 2.93. The van der Waals surface area contributed by atoms with E-state index >= 15 is 0 Å². The number of rotatable bonds is 2. The fraction of sp³-hybridized carbons (Fsp3) is 0.375. The van der Waals surface area contributed by atoms with Crippen LogP contribution in [0.25, 0.3) is 10.9 Å². The molecule has 0 spiro atoms. The van der Waals surface area contributed by atoms with Crippen LogP contribution in [0.2, 0.25) is 0 Å². The molecule has 1 atom stereocenters. The molecule has 2 aromatic rings. The quantitative estimate of drug-likeness (QED) is 0.911. The summed E-state index contributed by atoms with van der Waals surface area (Å²) in [6, 6.07) is 12.2. The summed E-state index contributed by atoms with van der Waals surface area (Å²) in [4.78, 5) is 18.0. The number of carboxylic acids is 1. The number of para-hydroxylation sites is 1. The topological polar surface area (TPSA) is 53.4 Å². The van der Waals surface area contributed by atoms with Crippen molar-refractivity contribution in [3.05, 3.63) is 36.4 Å². The van der Waals surface area contributed by atoms with Crippen molar-refractivity contribution in [3.63, 3.8) is 0 Å². The van der Waals surface area contributed by atoms with E-state index in [4.69, 9.17) is 5.11 Å². The first-order chi connectivity index (χ1) is 9.74. The molecule has 20 heavy (non-hydrogen) atoms. The summed E-state index contributed by atoms with van der Waals surface area (Å²) in [6.45, 7) is 1.65. The Morgan fingerprint density at radius 2 is 2.00 bits per heavy atom. The largest absolute Gasteiger partial charge is 0.481 e. The molecule has 1 fully saturated rings. The smallest absolute Gasteiger partial charge is 0.306 e. The maximum Gasteiger partial charge on any atom is 0.306 e. The molecule has 0 bridgehead atoms. The van der Waals surface area contributed by atoms with Crippen LogP contribution < -0.4 is 4.90 Å². The van der Waals surface area contributed by atoms with Crippen molar-refractivity contribution in [2.45, 2.75) is 19.3 Å². The van der Waals surface area contributed by atoms with Crippen molar-refractivity contribution in [3.8, 4) is 0 Å². The summed E-state index contributed by atoms with van der Waals surface area (Å²) < 4.78 is 0. The van der Waals surface area contributed by atoms with Gasteiger partial charge in [0.25, 0.3) is 0 Å². The molecule has 2 heterocycles. The number of hydrogen-bond donors (Lipinski definition) is 1. The summed E-state index contributed by atoms with van der Waals surface area (Å²) >= 11 is 0. The van der Waals surface area contributed by atoms with Gasteiger partial charge < -0.3 is 10.0 Å². The van der Waals surface area contributed by atoms with Crippen LogP contribution in [0.15, 0.2) is 36.4 Å². The maximum atomic E-state index is 11.1. The van der Waals surface area contributed by atoms with Crippen molar-refractivity contribution < 1.29 is 9.90 Å². The zero-order valence-corrected chi connectivity index (χ0v) is 11.3. The highest BCUT2D eigenvalue weighted by Crippen LogP contribution is 2.23. The highest BCUT2D eigenvalue weighted by molar-refractivity contribution is 5.80. The molecule has 1 unspecified atom stereocenters. The van der Waals surface area contributed by atoms with Gasteiger partial charge in [-0.25, -0.2) is 4.98 Å². The highest BCUT2D eigenvalue weighted by Gasteiger charge is 2.22. The molecule has 1 aromatic carbocycles. The van der Waals surface area contributed by atoms with Crippen LogP contribution >= 0.6 is 0 Å². The number of fused-ring (bicyclic) bond motifs is 1. The Bertz CT molecular complexity index is 627. The second-order valence-electron chi connectivity index (χ2n) is 5.32. The Balaban J connectivity index is 1.82. The van der Waals surface area contributed by atoms with E-state index in [1.165, 1.54) is 0 Å². The molecule has 0 radical (unpaired) electrons. The maximum absolute atomic E-state index is 11.1. The lowest BCUT2D eigenvalue weighted by Crippen LogP contribution is -2.25. The first-order valence-electron chi connectivity index (χ1n) is 7.07. The van der Waals surface area contributed by atoms with Crippen molar-refractivity contribution in [1.29, 1.82) is 0 Å². The normalized spacial score (nSPS) is 19.8. The molecule has 4 heteroatoms. The summed E-state index contributed by atoms with van der Waals surface area (Å²) in [5.74, 6) is 0.0773. The van der Waals surface area contributed by atoms with Crippen molar-refractivity contribution in [2.24, 2.45) is 5.92 Å². The van der Waals surface area contributed by atoms with Crippen molar-refractivity contribution >= 4 is 22.7 Å². The fourth-order valence-corrected chi connectivity index (χ4v) is 2.80. The first kappa shape index (κ1) is 12.9. The molecule has 104 valence electrons. The third-order valence-corrected chi connectivity index (χ3v) is 3.99. The van der Waals surface area contributed by atoms with E-state index in [-0.39, 0.29) is 5.92 Å². The van der Waals surface area contributed by atoms with Gasteiger partial charge in [-0.2, -0.15) is 0 Å². The molecular formula is C16H18N2O2. The van der Waals surface area contributed by atoms with E-state index in [1.54, 1.807) is 0 Å². The number of aliphatic carboxylic acids is 1. The van der Waals surface area contributed by atoms with Crippen LogP contribution in [-0.4, -0.2) is 29.1 Å². The van der Waals surface area contributed by atoms with Gasteiger partial charge >= 0.3 is 5.97 Å². The van der Waals surface area contributed by atoms with Crippen LogP contribution in [0, 0.1) is 5.92 Å². The molecule has 4 nitrogen and oxygen atoms in total. The summed E-state index contributed by atoms with van der Waals surface area (Å²) in [7, 11) is 0. The van der Waals surface area contributed by atoms with Crippen molar-refractivity contribution in [2.75, 3.05) is 18.0 Å². The number of benzene rings is 1. The fourth-order valence-electron chi connectivity index (χ4n) is 2.80. The van der Waals surface area contributed by atoms with E-state index in [1.807, 2.05) is 24.3 Å². The van der Waals surface area contributed by atoms with Crippen LogP contribution in [0.1, 0.15) is 19.3 Å². The van der Waals surface area contributed by atoms with Gasteiger partial charge in [0.05, 0.1) is 11.4 Å². The Morgan fingerprint density at radius 3 is 2.85 bits per heavy atom. The van der Waals surface area contributed by atoms with Gasteiger partial charge in [0.15, 0.2) is 0 Å². The molecule has 1 N–H and O–H groups in total. The zero-order valence-electron chi connectivity index (χ0n) is 11.3. The predicted molar refractivity (Wildman–Crippen MR) is 78.9 cm³/mol. The molecule has 1 aliphatic heterocycles. The number of carboxylic acid groups (broad SMARTS) is 1. The molecule has 0 aliphatic carbocycles. The Kier molecular flexibility index (Phi) is 3.54. The lowest BCUT2D eigenvalue weighted by molar-refractivity contribution is -0.142. The third kappa shape index (κ3) is 2.59. The number of hydrogen-bond acceptors (Lipinski definition) is 3. The number of aromatic nitrogens is 1. The zero-order chi connectivity index (χ0) is 13.9. The molecule has 0 amide bonds. The van der Waals surface area contributed by atoms with Gasteiger partial charge in [-0.05, 0) is 37.5 Å². The van der Waals surface area contributed by atoms with Gasteiger partial charge in [0, 0.05) is 18.5 Å². The van der Waals surface area contributed by atoms with Gasteiger partial charge in [-0.3, -0.25) is 4.79 Å².